The molecular formula is C12H20N4O6S2. The van der Waals surface area contributed by atoms with E-state index in [0.717, 1.165) is 16.8 Å². The largest absolute Gasteiger partial charge is 0.359 e. The van der Waals surface area contributed by atoms with Gasteiger partial charge in [0.25, 0.3) is 5.88 Å². The lowest BCUT2D eigenvalue weighted by atomic mass is 10.3. The van der Waals surface area contributed by atoms with Gasteiger partial charge in [0, 0.05) is 23.6 Å². The van der Waals surface area contributed by atoms with Gasteiger partial charge in [-0.15, -0.1) is 0 Å². The Morgan fingerprint density at radius 3 is 1.88 bits per heavy atom. The lowest BCUT2D eigenvalue weighted by Crippen LogP contribution is -2.03. The zero-order chi connectivity index (χ0) is 18.3. The average molecular weight is 380 g/mol. The van der Waals surface area contributed by atoms with Crippen LogP contribution in [0, 0.1) is 27.7 Å². The van der Waals surface area contributed by atoms with Crippen molar-refractivity contribution in [2.24, 2.45) is 0 Å². The molecule has 2 rings (SSSR count). The molecule has 0 aliphatic heterocycles. The minimum Gasteiger partial charge on any atom is -0.359 e. The molecular weight excluding hydrogens is 360 g/mol. The molecule has 0 amide bonds. The van der Waals surface area contributed by atoms with Crippen molar-refractivity contribution in [3.05, 3.63) is 22.6 Å². The lowest BCUT2D eigenvalue weighted by molar-refractivity contribution is 0.367. The molecule has 0 saturated heterocycles. The van der Waals surface area contributed by atoms with Crippen molar-refractivity contribution in [2.75, 3.05) is 23.5 Å². The minimum atomic E-state index is -1.36. The fraction of sp³-hybridized carbons (Fsp3) is 0.500. The lowest BCUT2D eigenvalue weighted by Gasteiger charge is -1.98. The van der Waals surface area contributed by atoms with Gasteiger partial charge < -0.3 is 9.05 Å². The van der Waals surface area contributed by atoms with Crippen LogP contribution in [-0.2, 0) is 30.7 Å². The normalized spacial score (nSPS) is 12.9. The summed E-state index contributed by atoms with van der Waals surface area (Å²) in [6.45, 7) is 7.26. The van der Waals surface area contributed by atoms with Crippen molar-refractivity contribution < 1.29 is 26.0 Å². The van der Waals surface area contributed by atoms with Gasteiger partial charge in [-0.2, -0.15) is 8.57 Å². The number of hydrogen-bond donors (Lipinski definition) is 2. The molecule has 136 valence electrons. The van der Waals surface area contributed by atoms with Crippen LogP contribution in [-0.4, -0.2) is 31.2 Å². The quantitative estimate of drug-likeness (QED) is 0.716. The summed E-state index contributed by atoms with van der Waals surface area (Å²) < 4.78 is 39.9. The molecule has 2 aromatic heterocycles. The van der Waals surface area contributed by atoms with Crippen LogP contribution in [0.3, 0.4) is 0 Å². The highest BCUT2D eigenvalue weighted by Gasteiger charge is 2.08. The molecule has 0 aliphatic rings. The molecule has 24 heavy (non-hydrogen) atoms. The summed E-state index contributed by atoms with van der Waals surface area (Å²) in [5.41, 5.74) is 7.31. The second kappa shape index (κ2) is 9.52. The van der Waals surface area contributed by atoms with E-state index in [-0.39, 0.29) is 0 Å². The van der Waals surface area contributed by atoms with Crippen molar-refractivity contribution in [1.82, 2.24) is 10.3 Å². The third kappa shape index (κ3) is 6.39. The Hall–Kier alpha value is -1.76. The predicted molar refractivity (Wildman–Crippen MR) is 89.5 cm³/mol. The molecule has 2 atom stereocenters. The number of aromatic nitrogens is 2. The summed E-state index contributed by atoms with van der Waals surface area (Å²) in [7, 11) is 0. The molecule has 0 saturated carbocycles. The molecule has 0 aromatic carbocycles. The van der Waals surface area contributed by atoms with Crippen LogP contribution in [0.4, 0.5) is 11.7 Å². The van der Waals surface area contributed by atoms with Gasteiger partial charge >= 0.3 is 0 Å². The Morgan fingerprint density at radius 2 is 1.46 bits per heavy atom. The van der Waals surface area contributed by atoms with E-state index in [0.29, 0.717) is 17.5 Å². The number of rotatable bonds is 6. The number of anilines is 2. The fourth-order valence-corrected chi connectivity index (χ4v) is 1.61. The van der Waals surface area contributed by atoms with Crippen molar-refractivity contribution in [3.63, 3.8) is 0 Å². The molecule has 0 spiro atoms. The number of nitrogens with zero attached hydrogens (tertiary/aromatic N) is 2. The van der Waals surface area contributed by atoms with Gasteiger partial charge in [-0.1, -0.05) is 10.3 Å². The molecule has 0 radical (unpaired) electrons. The van der Waals surface area contributed by atoms with Crippen LogP contribution in [0.25, 0.3) is 0 Å². The molecule has 10 nitrogen and oxygen atoms in total. The fourth-order valence-electron chi connectivity index (χ4n) is 1.22. The first-order valence-electron chi connectivity index (χ1n) is 6.61. The van der Waals surface area contributed by atoms with E-state index in [2.05, 4.69) is 29.8 Å². The van der Waals surface area contributed by atoms with Gasteiger partial charge in [-0.3, -0.25) is 0 Å². The van der Waals surface area contributed by atoms with Crippen LogP contribution in [0.2, 0.25) is 0 Å². The van der Waals surface area contributed by atoms with Gasteiger partial charge in [-0.05, 0) is 27.7 Å². The molecule has 0 bridgehead atoms. The highest BCUT2D eigenvalue weighted by atomic mass is 32.2. The van der Waals surface area contributed by atoms with Crippen molar-refractivity contribution >= 4 is 33.9 Å². The van der Waals surface area contributed by atoms with Gasteiger partial charge in [0.2, 0.25) is 0 Å². The maximum absolute atomic E-state index is 10.5. The van der Waals surface area contributed by atoms with Crippen molar-refractivity contribution in [3.8, 4) is 0 Å². The topological polar surface area (TPSA) is 129 Å². The first kappa shape index (κ1) is 20.3. The van der Waals surface area contributed by atoms with Crippen LogP contribution < -0.4 is 11.0 Å². The molecule has 2 heterocycles. The van der Waals surface area contributed by atoms with Crippen LogP contribution in [0.5, 0.6) is 0 Å². The van der Waals surface area contributed by atoms with E-state index in [1.165, 1.54) is 12.5 Å². The maximum atomic E-state index is 10.5. The van der Waals surface area contributed by atoms with Crippen molar-refractivity contribution in [2.45, 2.75) is 27.7 Å². The highest BCUT2D eigenvalue weighted by Crippen LogP contribution is 2.17. The monoisotopic (exact) mass is 380 g/mol. The van der Waals surface area contributed by atoms with Gasteiger partial charge in [0.05, 0.1) is 5.69 Å². The number of nitrogens with one attached hydrogen (secondary N) is 2. The summed E-state index contributed by atoms with van der Waals surface area (Å²) in [5, 5.41) is 7.32. The van der Waals surface area contributed by atoms with E-state index in [1.54, 1.807) is 6.92 Å². The van der Waals surface area contributed by atoms with E-state index in [1.807, 2.05) is 20.8 Å². The summed E-state index contributed by atoms with van der Waals surface area (Å²) in [6.07, 6.45) is 2.82. The Labute approximate surface area is 144 Å². The number of aryl methyl sites for hydroxylation is 2. The third-order valence-electron chi connectivity index (χ3n) is 2.82. The van der Waals surface area contributed by atoms with Gasteiger partial charge in [0.1, 0.15) is 5.76 Å². The van der Waals surface area contributed by atoms with Gasteiger partial charge in [0.15, 0.2) is 28.0 Å². The molecule has 12 heteroatoms. The summed E-state index contributed by atoms with van der Waals surface area (Å²) >= 11 is -2.72. The van der Waals surface area contributed by atoms with Crippen LogP contribution >= 0.6 is 0 Å². The highest BCUT2D eigenvalue weighted by molar-refractivity contribution is 7.79. The Balaban J connectivity index is 0.000000240. The third-order valence-corrected chi connectivity index (χ3v) is 3.46. The van der Waals surface area contributed by atoms with E-state index in [9.17, 15) is 8.42 Å². The zero-order valence-corrected chi connectivity index (χ0v) is 15.8. The van der Waals surface area contributed by atoms with E-state index < -0.39 is 22.2 Å². The van der Waals surface area contributed by atoms with Crippen LogP contribution in [0.15, 0.2) is 9.05 Å². The summed E-state index contributed by atoms with van der Waals surface area (Å²) in [5.74, 6) is 1.56. The molecule has 0 fully saturated rings. The second-order valence-electron chi connectivity index (χ2n) is 4.61. The Kier molecular flexibility index (Phi) is 8.04. The van der Waals surface area contributed by atoms with Gasteiger partial charge in [-0.25, -0.2) is 19.4 Å². The molecule has 2 aromatic rings. The summed E-state index contributed by atoms with van der Waals surface area (Å²) in [4.78, 5) is 0. The Bertz CT molecular complexity index is 654. The van der Waals surface area contributed by atoms with Crippen molar-refractivity contribution in [1.29, 1.82) is 0 Å². The molecule has 2 unspecified atom stereocenters. The number of hydrogen-bond acceptors (Lipinski definition) is 10. The predicted octanol–water partition coefficient (Wildman–Crippen LogP) is 1.86. The molecule has 2 N–H and O–H groups in total. The standard InChI is InChI=1S/2C6H10N2O3S/c1-4-5(2)10-7-6(4)8-11-12(3)9;1-4-5(2)7-10-6(4)8-11-12(3)9/h1-3H3,(H,7,8);8H,1-3H3. The first-order chi connectivity index (χ1) is 11.2. The minimum absolute atomic E-state index is 0.391. The van der Waals surface area contributed by atoms with Crippen LogP contribution in [0.1, 0.15) is 22.6 Å². The first-order valence-corrected chi connectivity index (χ1v) is 9.58. The maximum Gasteiger partial charge on any atom is 0.252 e. The second-order valence-corrected chi connectivity index (χ2v) is 6.55. The zero-order valence-electron chi connectivity index (χ0n) is 14.2. The smallest absolute Gasteiger partial charge is 0.252 e. The van der Waals surface area contributed by atoms with E-state index >= 15 is 0 Å². The van der Waals surface area contributed by atoms with E-state index in [4.69, 9.17) is 9.05 Å². The molecule has 0 aliphatic carbocycles. The Morgan fingerprint density at radius 1 is 0.875 bits per heavy atom. The average Bonchev–Trinajstić information content (AvgIpc) is 3.00. The summed E-state index contributed by atoms with van der Waals surface area (Å²) in [6, 6.07) is 0. The SMILES string of the molecule is Cc1noc(NOS(C)=O)c1C.Cc1onc(NOS(C)=O)c1C.